The van der Waals surface area contributed by atoms with Crippen molar-refractivity contribution in [2.24, 2.45) is 5.92 Å². The molecule has 0 aromatic heterocycles. The van der Waals surface area contributed by atoms with Gasteiger partial charge in [-0.25, -0.2) is 0 Å². The van der Waals surface area contributed by atoms with E-state index in [-0.39, 0.29) is 5.91 Å². The molecule has 4 rings (SSSR count). The molecule has 1 aliphatic carbocycles. The number of methoxy groups -OCH3 is 1. The molecule has 0 spiro atoms. The van der Waals surface area contributed by atoms with Crippen molar-refractivity contribution in [3.63, 3.8) is 0 Å². The largest absolute Gasteiger partial charge is 0.493 e. The second-order valence-corrected chi connectivity index (χ2v) is 7.17. The Kier molecular flexibility index (Phi) is 4.72. The average Bonchev–Trinajstić information content (AvgIpc) is 3.34. The molecule has 0 saturated heterocycles. The minimum atomic E-state index is -0.0889. The number of amides is 1. The van der Waals surface area contributed by atoms with Crippen LogP contribution in [0.4, 0.5) is 5.69 Å². The van der Waals surface area contributed by atoms with Gasteiger partial charge >= 0.3 is 0 Å². The third-order valence-electron chi connectivity index (χ3n) is 5.45. The number of nitrogens with zero attached hydrogens (tertiary/aromatic N) is 2. The number of hydrogen-bond donors (Lipinski definition) is 0. The predicted molar refractivity (Wildman–Crippen MR) is 102 cm³/mol. The molecular weight excluding hydrogens is 340 g/mol. The SMILES string of the molecule is COc1ccc(N2Cc3ccc(C#N)cc3C2=O)cc1OCC1CCCC1. The van der Waals surface area contributed by atoms with Gasteiger partial charge in [0.1, 0.15) is 0 Å². The fraction of sp³-hybridized carbons (Fsp3) is 0.364. The van der Waals surface area contributed by atoms with Crippen molar-refractivity contribution in [2.45, 2.75) is 32.2 Å². The third-order valence-corrected chi connectivity index (χ3v) is 5.45. The monoisotopic (exact) mass is 362 g/mol. The lowest BCUT2D eigenvalue weighted by Crippen LogP contribution is -2.23. The Morgan fingerprint density at radius 1 is 1.15 bits per heavy atom. The molecule has 1 heterocycles. The van der Waals surface area contributed by atoms with Gasteiger partial charge in [-0.15, -0.1) is 0 Å². The summed E-state index contributed by atoms with van der Waals surface area (Å²) in [7, 11) is 1.62. The van der Waals surface area contributed by atoms with E-state index in [9.17, 15) is 4.79 Å². The highest BCUT2D eigenvalue weighted by atomic mass is 16.5. The first-order valence-electron chi connectivity index (χ1n) is 9.35. The normalized spacial score (nSPS) is 16.3. The van der Waals surface area contributed by atoms with Gasteiger partial charge in [-0.1, -0.05) is 18.9 Å². The summed E-state index contributed by atoms with van der Waals surface area (Å²) < 4.78 is 11.5. The topological polar surface area (TPSA) is 62.6 Å². The van der Waals surface area contributed by atoms with Gasteiger partial charge < -0.3 is 14.4 Å². The summed E-state index contributed by atoms with van der Waals surface area (Å²) in [6.07, 6.45) is 4.97. The number of hydrogen-bond acceptors (Lipinski definition) is 4. The maximum absolute atomic E-state index is 12.8. The first-order chi connectivity index (χ1) is 13.2. The fourth-order valence-electron chi connectivity index (χ4n) is 3.91. The molecule has 1 saturated carbocycles. The van der Waals surface area contributed by atoms with Crippen LogP contribution in [0.5, 0.6) is 11.5 Å². The van der Waals surface area contributed by atoms with Crippen LogP contribution in [0.25, 0.3) is 0 Å². The van der Waals surface area contributed by atoms with Crippen molar-refractivity contribution in [1.29, 1.82) is 5.26 Å². The van der Waals surface area contributed by atoms with Crippen LogP contribution in [0.15, 0.2) is 36.4 Å². The minimum absolute atomic E-state index is 0.0889. The number of carbonyl (C=O) groups is 1. The van der Waals surface area contributed by atoms with Gasteiger partial charge in [-0.2, -0.15) is 5.26 Å². The summed E-state index contributed by atoms with van der Waals surface area (Å²) in [4.78, 5) is 14.6. The van der Waals surface area contributed by atoms with Gasteiger partial charge in [0, 0.05) is 17.3 Å². The highest BCUT2D eigenvalue weighted by Crippen LogP contribution is 2.36. The van der Waals surface area contributed by atoms with Crippen molar-refractivity contribution in [2.75, 3.05) is 18.6 Å². The van der Waals surface area contributed by atoms with Crippen molar-refractivity contribution in [1.82, 2.24) is 0 Å². The van der Waals surface area contributed by atoms with Gasteiger partial charge in [0.2, 0.25) is 0 Å². The van der Waals surface area contributed by atoms with E-state index >= 15 is 0 Å². The molecule has 0 unspecified atom stereocenters. The Bertz CT molecular complexity index is 910. The summed E-state index contributed by atoms with van der Waals surface area (Å²) in [5.41, 5.74) is 2.80. The van der Waals surface area contributed by atoms with Crippen LogP contribution in [0, 0.1) is 17.2 Å². The number of rotatable bonds is 5. The third kappa shape index (κ3) is 3.35. The van der Waals surface area contributed by atoms with E-state index in [1.54, 1.807) is 24.1 Å². The van der Waals surface area contributed by atoms with Crippen molar-refractivity contribution >= 4 is 11.6 Å². The first kappa shape index (κ1) is 17.4. The summed E-state index contributed by atoms with van der Waals surface area (Å²) in [6, 6.07) is 13.0. The number of anilines is 1. The molecule has 2 aromatic rings. The quantitative estimate of drug-likeness (QED) is 0.796. The van der Waals surface area contributed by atoms with Crippen LogP contribution in [-0.2, 0) is 6.54 Å². The maximum Gasteiger partial charge on any atom is 0.258 e. The summed E-state index contributed by atoms with van der Waals surface area (Å²) >= 11 is 0. The predicted octanol–water partition coefficient (Wildman–Crippen LogP) is 4.30. The molecule has 138 valence electrons. The Labute approximate surface area is 159 Å². The first-order valence-corrected chi connectivity index (χ1v) is 9.35. The van der Waals surface area contributed by atoms with Crippen molar-refractivity contribution in [3.8, 4) is 17.6 Å². The maximum atomic E-state index is 12.8. The average molecular weight is 362 g/mol. The summed E-state index contributed by atoms with van der Waals surface area (Å²) in [6.45, 7) is 1.17. The molecule has 0 radical (unpaired) electrons. The highest BCUT2D eigenvalue weighted by molar-refractivity contribution is 6.10. The number of nitriles is 1. The van der Waals surface area contributed by atoms with E-state index < -0.39 is 0 Å². The number of fused-ring (bicyclic) bond motifs is 1. The van der Waals surface area contributed by atoms with Crippen LogP contribution >= 0.6 is 0 Å². The Morgan fingerprint density at radius 2 is 1.96 bits per heavy atom. The van der Waals surface area contributed by atoms with Crippen LogP contribution in [0.2, 0.25) is 0 Å². The van der Waals surface area contributed by atoms with Gasteiger partial charge in [-0.05, 0) is 48.6 Å². The zero-order chi connectivity index (χ0) is 18.8. The van der Waals surface area contributed by atoms with E-state index in [4.69, 9.17) is 14.7 Å². The summed E-state index contributed by atoms with van der Waals surface area (Å²) in [5.74, 6) is 1.85. The Balaban J connectivity index is 1.57. The molecule has 1 amide bonds. The fourth-order valence-corrected chi connectivity index (χ4v) is 3.91. The molecule has 0 bridgehead atoms. The van der Waals surface area contributed by atoms with Crippen molar-refractivity contribution in [3.05, 3.63) is 53.1 Å². The molecular formula is C22H22N2O3. The number of benzene rings is 2. The minimum Gasteiger partial charge on any atom is -0.493 e. The van der Waals surface area contributed by atoms with E-state index in [0.717, 1.165) is 11.3 Å². The molecule has 5 nitrogen and oxygen atoms in total. The molecule has 2 aliphatic rings. The molecule has 1 aliphatic heterocycles. The smallest absolute Gasteiger partial charge is 0.258 e. The van der Waals surface area contributed by atoms with Gasteiger partial charge in [0.25, 0.3) is 5.91 Å². The highest BCUT2D eigenvalue weighted by Gasteiger charge is 2.29. The zero-order valence-corrected chi connectivity index (χ0v) is 15.4. The van der Waals surface area contributed by atoms with Crippen LogP contribution in [-0.4, -0.2) is 19.6 Å². The number of ether oxygens (including phenoxy) is 2. The van der Waals surface area contributed by atoms with Crippen LogP contribution < -0.4 is 14.4 Å². The van der Waals surface area contributed by atoms with Gasteiger partial charge in [0.05, 0.1) is 31.9 Å². The van der Waals surface area contributed by atoms with Crippen LogP contribution in [0.3, 0.4) is 0 Å². The molecule has 0 atom stereocenters. The molecule has 2 aromatic carbocycles. The lowest BCUT2D eigenvalue weighted by Gasteiger charge is -2.19. The molecule has 27 heavy (non-hydrogen) atoms. The zero-order valence-electron chi connectivity index (χ0n) is 15.4. The van der Waals surface area contributed by atoms with Crippen LogP contribution in [0.1, 0.15) is 47.2 Å². The van der Waals surface area contributed by atoms with E-state index in [1.165, 1.54) is 25.7 Å². The molecule has 1 fully saturated rings. The standard InChI is InChI=1S/C22H22N2O3/c1-26-20-9-8-18(11-21(20)27-14-15-4-2-3-5-15)24-13-17-7-6-16(12-23)10-19(17)22(24)25/h6-11,15H,2-5,13-14H2,1H3. The lowest BCUT2D eigenvalue weighted by molar-refractivity contribution is 0.0996. The van der Waals surface area contributed by atoms with Gasteiger partial charge in [-0.3, -0.25) is 4.79 Å². The van der Waals surface area contributed by atoms with E-state index in [0.29, 0.717) is 41.7 Å². The summed E-state index contributed by atoms with van der Waals surface area (Å²) in [5, 5.41) is 9.08. The van der Waals surface area contributed by atoms with Gasteiger partial charge in [0.15, 0.2) is 11.5 Å². The molecule has 5 heteroatoms. The number of carbonyl (C=O) groups excluding carboxylic acids is 1. The Hall–Kier alpha value is -3.00. The van der Waals surface area contributed by atoms with E-state index in [1.807, 2.05) is 24.3 Å². The molecule has 0 N–H and O–H groups in total. The van der Waals surface area contributed by atoms with Crippen molar-refractivity contribution < 1.29 is 14.3 Å². The second-order valence-electron chi connectivity index (χ2n) is 7.17. The van der Waals surface area contributed by atoms with E-state index in [2.05, 4.69) is 6.07 Å². The second kappa shape index (κ2) is 7.32. The lowest BCUT2D eigenvalue weighted by atomic mass is 10.1. The Morgan fingerprint density at radius 3 is 2.70 bits per heavy atom.